The molecule has 5 heterocycles. The van der Waals surface area contributed by atoms with Crippen LogP contribution in [0.15, 0.2) is 30.3 Å². The van der Waals surface area contributed by atoms with Crippen LogP contribution in [-0.4, -0.2) is 54.0 Å². The zero-order chi connectivity index (χ0) is 28.8. The average Bonchev–Trinajstić information content (AvgIpc) is 3.32. The number of fused-ring (bicyclic) bond motifs is 3. The number of aromatic nitrogens is 2. The maximum atomic E-state index is 16.8. The van der Waals surface area contributed by atoms with Crippen molar-refractivity contribution in [2.75, 3.05) is 37.7 Å². The lowest BCUT2D eigenvalue weighted by Gasteiger charge is -2.30. The molecule has 2 fully saturated rings. The Hall–Kier alpha value is -3.72. The van der Waals surface area contributed by atoms with Crippen LogP contribution in [0.2, 0.25) is 0 Å². The topological polar surface area (TPSA) is 79.7 Å². The van der Waals surface area contributed by atoms with E-state index in [9.17, 15) is 9.50 Å². The lowest BCUT2D eigenvalue weighted by molar-refractivity contribution is 0.212. The second kappa shape index (κ2) is 11.2. The predicted octanol–water partition coefficient (Wildman–Crippen LogP) is 6.52. The number of piperidine rings is 1. The van der Waals surface area contributed by atoms with Crippen molar-refractivity contribution in [3.8, 4) is 28.8 Å². The van der Waals surface area contributed by atoms with Gasteiger partial charge in [-0.3, -0.25) is 0 Å². The van der Waals surface area contributed by atoms with Crippen LogP contribution >= 0.6 is 0 Å². The van der Waals surface area contributed by atoms with E-state index in [0.717, 1.165) is 63.8 Å². The average molecular weight is 575 g/mol. The van der Waals surface area contributed by atoms with Gasteiger partial charge in [0.25, 0.3) is 0 Å². The number of phenolic OH excluding ortho intramolecular Hbond substituents is 1. The van der Waals surface area contributed by atoms with Crippen LogP contribution < -0.4 is 19.7 Å². The van der Waals surface area contributed by atoms with Gasteiger partial charge in [0.2, 0.25) is 11.8 Å². The van der Waals surface area contributed by atoms with E-state index in [0.29, 0.717) is 64.6 Å². The fourth-order valence-corrected chi connectivity index (χ4v) is 6.93. The monoisotopic (exact) mass is 574 g/mol. The summed E-state index contributed by atoms with van der Waals surface area (Å²) in [4.78, 5) is 11.8. The number of phenols is 1. The highest BCUT2D eigenvalue weighted by Gasteiger charge is 2.32. The summed E-state index contributed by atoms with van der Waals surface area (Å²) in [6.07, 6.45) is 6.80. The first-order valence-corrected chi connectivity index (χ1v) is 15.2. The molecule has 0 radical (unpaired) electrons. The molecule has 9 heteroatoms. The maximum absolute atomic E-state index is 16.8. The van der Waals surface area contributed by atoms with Gasteiger partial charge in [0.05, 0.1) is 23.7 Å². The summed E-state index contributed by atoms with van der Waals surface area (Å²) in [6.45, 7) is 5.50. The summed E-state index contributed by atoms with van der Waals surface area (Å²) in [5.74, 6) is -0.0517. The molecule has 0 amide bonds. The Bertz CT molecular complexity index is 1660. The van der Waals surface area contributed by atoms with Crippen molar-refractivity contribution in [1.82, 2.24) is 15.3 Å². The molecule has 2 aromatic carbocycles. The molecule has 0 saturated carbocycles. The molecule has 0 spiro atoms. The third-order valence-electron chi connectivity index (χ3n) is 9.04. The number of hydrogen-bond donors (Lipinski definition) is 2. The number of pyridine rings is 2. The maximum Gasteiger partial charge on any atom is 0.225 e. The number of ether oxygens (including phenoxy) is 2. The number of benzene rings is 2. The minimum atomic E-state index is -0.644. The van der Waals surface area contributed by atoms with Gasteiger partial charge in [0.1, 0.15) is 29.4 Å². The number of nitrogens with zero attached hydrogens (tertiary/aromatic N) is 3. The van der Waals surface area contributed by atoms with E-state index in [4.69, 9.17) is 19.4 Å². The molecule has 2 aromatic heterocycles. The molecule has 7 rings (SSSR count). The number of anilines is 1. The van der Waals surface area contributed by atoms with Crippen molar-refractivity contribution in [1.29, 1.82) is 0 Å². The molecule has 0 aliphatic carbocycles. The Labute approximate surface area is 243 Å². The van der Waals surface area contributed by atoms with Crippen molar-refractivity contribution in [3.05, 3.63) is 47.5 Å². The Balaban J connectivity index is 1.45. The SMILES string of the molecule is CCc1c(F)ccc2cc(O)cc(-c3nc4c5c(cc(OCC6CCCNC6)nc5c3F)N3CCCCCC3CO4)c12. The van der Waals surface area contributed by atoms with E-state index in [2.05, 4.69) is 10.2 Å². The molecule has 7 nitrogen and oxygen atoms in total. The van der Waals surface area contributed by atoms with Crippen molar-refractivity contribution in [2.45, 2.75) is 57.9 Å². The quantitative estimate of drug-likeness (QED) is 0.281. The number of halogens is 2. The summed E-state index contributed by atoms with van der Waals surface area (Å²) < 4.78 is 44.4. The van der Waals surface area contributed by atoms with Gasteiger partial charge in [-0.1, -0.05) is 25.8 Å². The van der Waals surface area contributed by atoms with Crippen LogP contribution in [0.25, 0.3) is 32.9 Å². The summed E-state index contributed by atoms with van der Waals surface area (Å²) in [7, 11) is 0. The van der Waals surface area contributed by atoms with E-state index in [-0.39, 0.29) is 28.8 Å². The Morgan fingerprint density at radius 2 is 1.98 bits per heavy atom. The molecule has 3 aliphatic rings. The largest absolute Gasteiger partial charge is 0.508 e. The van der Waals surface area contributed by atoms with Gasteiger partial charge >= 0.3 is 0 Å². The fourth-order valence-electron chi connectivity index (χ4n) is 6.93. The highest BCUT2D eigenvalue weighted by atomic mass is 19.1. The molecule has 42 heavy (non-hydrogen) atoms. The first-order valence-electron chi connectivity index (χ1n) is 15.2. The molecule has 0 bridgehead atoms. The third kappa shape index (κ3) is 4.77. The zero-order valence-corrected chi connectivity index (χ0v) is 23.9. The molecular weight excluding hydrogens is 538 g/mol. The first kappa shape index (κ1) is 27.1. The van der Waals surface area contributed by atoms with Crippen molar-refractivity contribution in [2.24, 2.45) is 5.92 Å². The molecule has 4 aromatic rings. The lowest BCUT2D eigenvalue weighted by Crippen LogP contribution is -2.38. The Kier molecular flexibility index (Phi) is 7.22. The molecule has 2 unspecified atom stereocenters. The van der Waals surface area contributed by atoms with Crippen LogP contribution in [0.1, 0.15) is 51.0 Å². The van der Waals surface area contributed by atoms with Crippen molar-refractivity contribution < 1.29 is 23.4 Å². The standard InChI is InChI=1S/C33H36F2N4O3/c1-2-23-25(34)10-9-20-13-22(40)14-24(28(20)23)31-30(35)32-29-26(15-27(37-32)41-17-19-7-6-11-36-16-19)39-12-5-3-4-8-21(39)18-42-33(29)38-31/h9-10,13-15,19,21,36,40H,2-8,11-12,16-18H2,1H3. The molecule has 2 N–H and O–H groups in total. The van der Waals surface area contributed by atoms with E-state index in [1.807, 2.05) is 13.0 Å². The van der Waals surface area contributed by atoms with Crippen LogP contribution in [0.4, 0.5) is 14.5 Å². The number of nitrogens with one attached hydrogen (secondary N) is 1. The minimum Gasteiger partial charge on any atom is -0.508 e. The van der Waals surface area contributed by atoms with E-state index in [1.165, 1.54) is 12.1 Å². The van der Waals surface area contributed by atoms with Gasteiger partial charge in [-0.2, -0.15) is 0 Å². The third-order valence-corrected chi connectivity index (χ3v) is 9.04. The van der Waals surface area contributed by atoms with Crippen molar-refractivity contribution >= 4 is 27.4 Å². The molecular formula is C33H36F2N4O3. The van der Waals surface area contributed by atoms with Gasteiger partial charge in [-0.05, 0) is 73.2 Å². The van der Waals surface area contributed by atoms with Gasteiger partial charge < -0.3 is 24.8 Å². The van der Waals surface area contributed by atoms with E-state index < -0.39 is 5.82 Å². The number of hydrogen-bond acceptors (Lipinski definition) is 7. The van der Waals surface area contributed by atoms with Crippen LogP contribution in [0.5, 0.6) is 17.5 Å². The summed E-state index contributed by atoms with van der Waals surface area (Å²) in [5, 5.41) is 15.7. The summed E-state index contributed by atoms with van der Waals surface area (Å²) in [6, 6.07) is 8.03. The lowest BCUT2D eigenvalue weighted by atomic mass is 9.94. The molecule has 220 valence electrons. The van der Waals surface area contributed by atoms with Gasteiger partial charge in [-0.15, -0.1) is 0 Å². The van der Waals surface area contributed by atoms with Crippen molar-refractivity contribution in [3.63, 3.8) is 0 Å². The van der Waals surface area contributed by atoms with Crippen LogP contribution in [0, 0.1) is 17.6 Å². The second-order valence-corrected chi connectivity index (χ2v) is 11.8. The summed E-state index contributed by atoms with van der Waals surface area (Å²) in [5.41, 5.74) is 1.66. The highest BCUT2D eigenvalue weighted by Crippen LogP contribution is 2.45. The second-order valence-electron chi connectivity index (χ2n) is 11.8. The first-order chi connectivity index (χ1) is 20.5. The van der Waals surface area contributed by atoms with E-state index >= 15 is 4.39 Å². The normalized spacial score (nSPS) is 20.6. The van der Waals surface area contributed by atoms with Gasteiger partial charge in [0, 0.05) is 30.6 Å². The smallest absolute Gasteiger partial charge is 0.225 e. The predicted molar refractivity (Wildman–Crippen MR) is 160 cm³/mol. The van der Waals surface area contributed by atoms with Gasteiger partial charge in [0.15, 0.2) is 5.82 Å². The number of aryl methyl sites for hydroxylation is 1. The summed E-state index contributed by atoms with van der Waals surface area (Å²) >= 11 is 0. The molecule has 2 saturated heterocycles. The zero-order valence-electron chi connectivity index (χ0n) is 23.9. The molecule has 3 aliphatic heterocycles. The Morgan fingerprint density at radius 3 is 2.81 bits per heavy atom. The van der Waals surface area contributed by atoms with Crippen LogP contribution in [0.3, 0.4) is 0 Å². The highest BCUT2D eigenvalue weighted by molar-refractivity contribution is 6.04. The fraction of sp³-hybridized carbons (Fsp3) is 0.455. The van der Waals surface area contributed by atoms with Crippen LogP contribution in [-0.2, 0) is 6.42 Å². The minimum absolute atomic E-state index is 0.0251. The number of aromatic hydroxyl groups is 1. The van der Waals surface area contributed by atoms with Gasteiger partial charge in [-0.25, -0.2) is 18.7 Å². The number of rotatable bonds is 5. The van der Waals surface area contributed by atoms with E-state index in [1.54, 1.807) is 12.1 Å². The molecule has 2 atom stereocenters. The Morgan fingerprint density at radius 1 is 1.07 bits per heavy atom.